The molecule has 0 bridgehead atoms. The van der Waals surface area contributed by atoms with Gasteiger partial charge in [0.2, 0.25) is 0 Å². The van der Waals surface area contributed by atoms with E-state index in [1.54, 1.807) is 5.57 Å². The van der Waals surface area contributed by atoms with E-state index in [1.165, 1.54) is 12.8 Å². The molecular formula is C31H58O3Si2. The summed E-state index contributed by atoms with van der Waals surface area (Å²) in [7, 11) is -3.81. The lowest BCUT2D eigenvalue weighted by molar-refractivity contribution is -0.0858. The molecule has 3 fully saturated rings. The summed E-state index contributed by atoms with van der Waals surface area (Å²) in [6, 6.07) is 0. The fourth-order valence-electron chi connectivity index (χ4n) is 8.02. The van der Waals surface area contributed by atoms with Crippen LogP contribution in [0.3, 0.4) is 0 Å². The van der Waals surface area contributed by atoms with E-state index in [9.17, 15) is 5.11 Å². The van der Waals surface area contributed by atoms with Gasteiger partial charge in [0, 0.05) is 0 Å². The second-order valence-corrected chi connectivity index (χ2v) is 26.2. The van der Waals surface area contributed by atoms with Crippen LogP contribution in [0, 0.1) is 28.6 Å². The smallest absolute Gasteiger partial charge is 0.192 e. The van der Waals surface area contributed by atoms with E-state index in [0.717, 1.165) is 32.1 Å². The van der Waals surface area contributed by atoms with E-state index in [0.29, 0.717) is 30.0 Å². The van der Waals surface area contributed by atoms with Crippen molar-refractivity contribution < 1.29 is 14.0 Å². The summed E-state index contributed by atoms with van der Waals surface area (Å²) >= 11 is 0. The fraction of sp³-hybridized carbons (Fsp3) is 0.935. The van der Waals surface area contributed by atoms with Crippen LogP contribution in [-0.2, 0) is 8.85 Å². The summed E-state index contributed by atoms with van der Waals surface area (Å²) in [4.78, 5) is 0. The van der Waals surface area contributed by atoms with Crippen molar-refractivity contribution in [1.29, 1.82) is 0 Å². The molecule has 0 heterocycles. The summed E-state index contributed by atoms with van der Waals surface area (Å²) < 4.78 is 14.7. The number of allylic oxidation sites excluding steroid dienone is 1. The largest absolute Gasteiger partial charge is 0.414 e. The molecule has 0 spiro atoms. The van der Waals surface area contributed by atoms with Crippen molar-refractivity contribution in [2.45, 2.75) is 155 Å². The Hall–Kier alpha value is 0.0538. The van der Waals surface area contributed by atoms with Gasteiger partial charge in [-0.15, -0.1) is 0 Å². The molecule has 0 aromatic carbocycles. The Bertz CT molecular complexity index is 866. The summed E-state index contributed by atoms with van der Waals surface area (Å²) in [5.74, 6) is 1.93. The van der Waals surface area contributed by atoms with Gasteiger partial charge in [-0.25, -0.2) is 0 Å². The predicted molar refractivity (Wildman–Crippen MR) is 157 cm³/mol. The maximum Gasteiger partial charge on any atom is 0.192 e. The molecule has 4 aliphatic carbocycles. The van der Waals surface area contributed by atoms with Crippen LogP contribution >= 0.6 is 0 Å². The summed E-state index contributed by atoms with van der Waals surface area (Å²) in [5, 5.41) is 10.9. The Balaban J connectivity index is 1.72. The Labute approximate surface area is 225 Å². The highest BCUT2D eigenvalue weighted by atomic mass is 28.4. The van der Waals surface area contributed by atoms with Gasteiger partial charge in [0.05, 0.1) is 18.3 Å². The van der Waals surface area contributed by atoms with Crippen molar-refractivity contribution in [3.8, 4) is 0 Å². The fourth-order valence-corrected chi connectivity index (χ4v) is 10.8. The lowest BCUT2D eigenvalue weighted by Crippen LogP contribution is -2.55. The van der Waals surface area contributed by atoms with Crippen molar-refractivity contribution >= 4 is 16.6 Å². The van der Waals surface area contributed by atoms with Crippen LogP contribution in [0.4, 0.5) is 0 Å². The van der Waals surface area contributed by atoms with Gasteiger partial charge in [0.1, 0.15) is 0 Å². The van der Waals surface area contributed by atoms with Crippen LogP contribution in [-0.4, -0.2) is 40.1 Å². The van der Waals surface area contributed by atoms with Crippen molar-refractivity contribution in [3.63, 3.8) is 0 Å². The third-order valence-electron chi connectivity index (χ3n) is 12.5. The molecule has 1 N–H and O–H groups in total. The summed E-state index contributed by atoms with van der Waals surface area (Å²) in [6.45, 7) is 29.1. The molecule has 36 heavy (non-hydrogen) atoms. The molecule has 0 amide bonds. The second kappa shape index (κ2) is 9.04. The number of fused-ring (bicyclic) bond motifs is 5. The normalized spacial score (nSPS) is 41.9. The van der Waals surface area contributed by atoms with Gasteiger partial charge in [0.25, 0.3) is 0 Å². The average Bonchev–Trinajstić information content (AvgIpc) is 2.97. The number of hydrogen-bond acceptors (Lipinski definition) is 3. The number of aliphatic hydroxyl groups is 1. The average molecular weight is 535 g/mol. The van der Waals surface area contributed by atoms with Gasteiger partial charge in [-0.1, -0.05) is 67.0 Å². The van der Waals surface area contributed by atoms with E-state index in [4.69, 9.17) is 8.85 Å². The predicted octanol–water partition coefficient (Wildman–Crippen LogP) is 8.70. The maximum atomic E-state index is 10.4. The maximum absolute atomic E-state index is 10.4. The minimum atomic E-state index is -1.92. The van der Waals surface area contributed by atoms with Crippen LogP contribution in [0.15, 0.2) is 11.6 Å². The molecule has 0 radical (unpaired) electrons. The van der Waals surface area contributed by atoms with Crippen LogP contribution in [0.1, 0.15) is 100 Å². The molecule has 3 nitrogen and oxygen atoms in total. The third kappa shape index (κ3) is 4.69. The van der Waals surface area contributed by atoms with E-state index < -0.39 is 16.6 Å². The van der Waals surface area contributed by atoms with Gasteiger partial charge in [0.15, 0.2) is 16.6 Å². The zero-order valence-electron chi connectivity index (χ0n) is 25.8. The monoisotopic (exact) mass is 534 g/mol. The minimum Gasteiger partial charge on any atom is -0.414 e. The van der Waals surface area contributed by atoms with Crippen molar-refractivity contribution in [1.82, 2.24) is 0 Å². The first kappa shape index (κ1) is 29.0. The van der Waals surface area contributed by atoms with Gasteiger partial charge >= 0.3 is 0 Å². The van der Waals surface area contributed by atoms with Crippen molar-refractivity contribution in [2.75, 3.05) is 0 Å². The lowest BCUT2D eigenvalue weighted by atomic mass is 9.47. The third-order valence-corrected chi connectivity index (χ3v) is 21.4. The second-order valence-electron chi connectivity index (χ2n) is 16.6. The lowest BCUT2D eigenvalue weighted by Gasteiger charge is -2.59. The molecule has 4 aliphatic rings. The van der Waals surface area contributed by atoms with E-state index in [-0.39, 0.29) is 27.0 Å². The number of aliphatic hydroxyl groups excluding tert-OH is 1. The highest BCUT2D eigenvalue weighted by Gasteiger charge is 2.64. The van der Waals surface area contributed by atoms with E-state index in [1.807, 2.05) is 0 Å². The van der Waals surface area contributed by atoms with Gasteiger partial charge < -0.3 is 14.0 Å². The minimum absolute atomic E-state index is 0.141. The van der Waals surface area contributed by atoms with Crippen LogP contribution in [0.2, 0.25) is 36.3 Å². The zero-order chi connectivity index (χ0) is 27.1. The first-order valence-corrected chi connectivity index (χ1v) is 20.8. The highest BCUT2D eigenvalue weighted by molar-refractivity contribution is 6.74. The van der Waals surface area contributed by atoms with Crippen LogP contribution in [0.25, 0.3) is 0 Å². The van der Waals surface area contributed by atoms with Crippen LogP contribution in [0.5, 0.6) is 0 Å². The van der Waals surface area contributed by atoms with Gasteiger partial charge in [-0.3, -0.25) is 0 Å². The molecule has 0 aromatic heterocycles. The Morgan fingerprint density at radius 1 is 0.889 bits per heavy atom. The van der Waals surface area contributed by atoms with Crippen molar-refractivity contribution in [2.24, 2.45) is 28.6 Å². The highest BCUT2D eigenvalue weighted by Crippen LogP contribution is 2.66. The molecular weight excluding hydrogens is 477 g/mol. The Morgan fingerprint density at radius 2 is 1.47 bits per heavy atom. The topological polar surface area (TPSA) is 38.7 Å². The molecule has 0 aromatic rings. The molecule has 0 saturated heterocycles. The van der Waals surface area contributed by atoms with Crippen LogP contribution < -0.4 is 0 Å². The summed E-state index contributed by atoms with van der Waals surface area (Å²) in [5.41, 5.74) is 1.99. The van der Waals surface area contributed by atoms with Gasteiger partial charge in [-0.05, 0) is 110 Å². The number of rotatable bonds is 4. The molecule has 0 unspecified atom stereocenters. The zero-order valence-corrected chi connectivity index (χ0v) is 27.8. The molecule has 4 rings (SSSR count). The molecule has 8 atom stereocenters. The molecule has 208 valence electrons. The SMILES string of the molecule is CC(C)(C)[Si](C)(C)O[C@H]1C[C@H](O[Si](C)(C)C(C)(C)C)[C@@]2(C)CC[C@H]3[C@@H](CC=C4C[C@@H](O)CC[C@@]43C)[C@H]12. The summed E-state index contributed by atoms with van der Waals surface area (Å²) in [6.07, 6.45) is 10.8. The first-order chi connectivity index (χ1) is 16.2. The Morgan fingerprint density at radius 3 is 2.06 bits per heavy atom. The van der Waals surface area contributed by atoms with Gasteiger partial charge in [-0.2, -0.15) is 0 Å². The van der Waals surface area contributed by atoms with E-state index in [2.05, 4.69) is 87.7 Å². The quantitative estimate of drug-likeness (QED) is 0.289. The Kier molecular flexibility index (Phi) is 7.29. The number of hydrogen-bond donors (Lipinski definition) is 1. The molecule has 3 saturated carbocycles. The molecule has 5 heteroatoms. The molecule has 0 aliphatic heterocycles. The first-order valence-electron chi connectivity index (χ1n) is 15.0. The van der Waals surface area contributed by atoms with Crippen molar-refractivity contribution in [3.05, 3.63) is 11.6 Å². The standard InChI is InChI=1S/C31H58O3Si2/c1-28(2,3)35(9,10)33-25-20-26(34-36(11,12)29(4,5)6)31(8)18-16-24-23(27(25)31)14-13-21-19-22(32)15-17-30(21,24)7/h13,22-27,32H,14-20H2,1-12H3/t22-,23+,24-,25-,26-,27+,30-,31+/m0/s1. The van der Waals surface area contributed by atoms with E-state index >= 15 is 0 Å².